The molecular weight excluding hydrogens is 310 g/mol. The van der Waals surface area contributed by atoms with Gasteiger partial charge in [0.1, 0.15) is 0 Å². The first-order valence-corrected chi connectivity index (χ1v) is 8.55. The van der Waals surface area contributed by atoms with E-state index in [4.69, 9.17) is 4.74 Å². The Morgan fingerprint density at radius 1 is 1.30 bits per heavy atom. The zero-order chi connectivity index (χ0) is 15.4. The van der Waals surface area contributed by atoms with Crippen LogP contribution in [-0.4, -0.2) is 45.9 Å². The number of morpholine rings is 1. The maximum Gasteiger partial charge on any atom is 0.0623 e. The molecule has 1 saturated carbocycles. The van der Waals surface area contributed by atoms with Crippen molar-refractivity contribution in [1.29, 1.82) is 0 Å². The van der Waals surface area contributed by atoms with Crippen molar-refractivity contribution in [2.45, 2.75) is 37.9 Å². The molecule has 0 radical (unpaired) electrons. The Morgan fingerprint density at radius 3 is 2.91 bits per heavy atom. The average molecular weight is 340 g/mol. The lowest BCUT2D eigenvalue weighted by molar-refractivity contribution is 0.0524. The molecule has 1 aliphatic heterocycles. The summed E-state index contributed by atoms with van der Waals surface area (Å²) in [6.07, 6.45) is 3.94. The predicted octanol–water partition coefficient (Wildman–Crippen LogP) is 2.42. The van der Waals surface area contributed by atoms with Gasteiger partial charge in [-0.25, -0.2) is 0 Å². The van der Waals surface area contributed by atoms with Gasteiger partial charge in [0.25, 0.3) is 0 Å². The van der Waals surface area contributed by atoms with Crippen LogP contribution in [0.5, 0.6) is 0 Å². The molecule has 2 aliphatic rings. The number of nitrogens with one attached hydrogen (secondary N) is 2. The number of halogens is 1. The summed E-state index contributed by atoms with van der Waals surface area (Å²) in [4.78, 5) is 2.16. The second-order valence-corrected chi connectivity index (χ2v) is 6.78. The SMILES string of the molecule is CN(C)c1cccc(CNC2CCCC2C2COCCN2)c1.Cl. The molecule has 0 aromatic heterocycles. The van der Waals surface area contributed by atoms with Crippen molar-refractivity contribution in [3.63, 3.8) is 0 Å². The van der Waals surface area contributed by atoms with Gasteiger partial charge in [0.05, 0.1) is 13.2 Å². The van der Waals surface area contributed by atoms with Gasteiger partial charge in [-0.05, 0) is 36.5 Å². The fourth-order valence-electron chi connectivity index (χ4n) is 3.78. The summed E-state index contributed by atoms with van der Waals surface area (Å²) in [5.41, 5.74) is 2.63. The van der Waals surface area contributed by atoms with Crippen LogP contribution in [0, 0.1) is 5.92 Å². The number of anilines is 1. The number of rotatable bonds is 5. The Bertz CT molecular complexity index is 477. The maximum atomic E-state index is 5.65. The molecule has 1 aliphatic carbocycles. The summed E-state index contributed by atoms with van der Waals surface area (Å²) < 4.78 is 5.65. The average Bonchev–Trinajstić information content (AvgIpc) is 3.02. The van der Waals surface area contributed by atoms with E-state index in [9.17, 15) is 0 Å². The molecule has 23 heavy (non-hydrogen) atoms. The molecule has 1 aromatic carbocycles. The lowest BCUT2D eigenvalue weighted by atomic mass is 9.94. The molecule has 3 unspecified atom stereocenters. The minimum Gasteiger partial charge on any atom is -0.379 e. The van der Waals surface area contributed by atoms with Gasteiger partial charge >= 0.3 is 0 Å². The zero-order valence-electron chi connectivity index (χ0n) is 14.3. The number of ether oxygens (including phenoxy) is 1. The maximum absolute atomic E-state index is 5.65. The van der Waals surface area contributed by atoms with E-state index in [2.05, 4.69) is 53.9 Å². The molecule has 0 bridgehead atoms. The van der Waals surface area contributed by atoms with Crippen LogP contribution in [0.2, 0.25) is 0 Å². The largest absolute Gasteiger partial charge is 0.379 e. The molecule has 1 aromatic rings. The van der Waals surface area contributed by atoms with Crippen LogP contribution in [0.3, 0.4) is 0 Å². The van der Waals surface area contributed by atoms with E-state index in [0.717, 1.165) is 26.3 Å². The molecule has 3 atom stereocenters. The first-order chi connectivity index (χ1) is 10.7. The molecular formula is C18H30ClN3O. The Balaban J connectivity index is 0.00000192. The summed E-state index contributed by atoms with van der Waals surface area (Å²) in [5.74, 6) is 0.706. The summed E-state index contributed by atoms with van der Waals surface area (Å²) in [5, 5.41) is 7.44. The zero-order valence-corrected chi connectivity index (χ0v) is 15.1. The molecule has 1 saturated heterocycles. The molecule has 3 rings (SSSR count). The van der Waals surface area contributed by atoms with Gasteiger partial charge in [0.15, 0.2) is 0 Å². The number of benzene rings is 1. The highest BCUT2D eigenvalue weighted by molar-refractivity contribution is 5.85. The molecule has 2 fully saturated rings. The van der Waals surface area contributed by atoms with Crippen molar-refractivity contribution in [1.82, 2.24) is 10.6 Å². The smallest absolute Gasteiger partial charge is 0.0623 e. The molecule has 5 heteroatoms. The van der Waals surface area contributed by atoms with Crippen LogP contribution in [0.25, 0.3) is 0 Å². The van der Waals surface area contributed by atoms with E-state index in [0.29, 0.717) is 18.0 Å². The van der Waals surface area contributed by atoms with Crippen molar-refractivity contribution in [3.8, 4) is 0 Å². The van der Waals surface area contributed by atoms with E-state index in [1.165, 1.54) is 30.5 Å². The standard InChI is InChI=1S/C18H29N3O.ClH/c1-21(2)15-6-3-5-14(11-15)12-20-17-8-4-7-16(17)18-13-22-10-9-19-18;/h3,5-6,11,16-20H,4,7-10,12-13H2,1-2H3;1H. The number of hydrogen-bond acceptors (Lipinski definition) is 4. The molecule has 1 heterocycles. The minimum atomic E-state index is 0. The third-order valence-corrected chi connectivity index (χ3v) is 5.03. The van der Waals surface area contributed by atoms with Gasteiger partial charge in [-0.15, -0.1) is 12.4 Å². The van der Waals surface area contributed by atoms with E-state index in [1.807, 2.05) is 0 Å². The highest BCUT2D eigenvalue weighted by atomic mass is 35.5. The Hall–Kier alpha value is -0.810. The van der Waals surface area contributed by atoms with E-state index >= 15 is 0 Å². The van der Waals surface area contributed by atoms with Crippen LogP contribution >= 0.6 is 12.4 Å². The first kappa shape index (κ1) is 18.5. The Labute approximate surface area is 146 Å². The third kappa shape index (κ3) is 4.83. The van der Waals surface area contributed by atoms with Gasteiger partial charge < -0.3 is 20.3 Å². The summed E-state index contributed by atoms with van der Waals surface area (Å²) >= 11 is 0. The molecule has 0 amide bonds. The molecule has 2 N–H and O–H groups in total. The predicted molar refractivity (Wildman–Crippen MR) is 98.6 cm³/mol. The molecule has 130 valence electrons. The minimum absolute atomic E-state index is 0. The summed E-state index contributed by atoms with van der Waals surface area (Å²) in [7, 11) is 4.18. The van der Waals surface area contributed by atoms with Crippen LogP contribution in [0.4, 0.5) is 5.69 Å². The van der Waals surface area contributed by atoms with Gasteiger partial charge in [-0.1, -0.05) is 18.6 Å². The summed E-state index contributed by atoms with van der Waals surface area (Å²) in [6, 6.07) is 9.94. The van der Waals surface area contributed by atoms with Crippen molar-refractivity contribution >= 4 is 18.1 Å². The highest BCUT2D eigenvalue weighted by Crippen LogP contribution is 2.29. The van der Waals surface area contributed by atoms with Crippen molar-refractivity contribution in [3.05, 3.63) is 29.8 Å². The second-order valence-electron chi connectivity index (χ2n) is 6.78. The Morgan fingerprint density at radius 2 is 2.17 bits per heavy atom. The lowest BCUT2D eigenvalue weighted by Gasteiger charge is -2.33. The quantitative estimate of drug-likeness (QED) is 0.864. The topological polar surface area (TPSA) is 36.5 Å². The monoisotopic (exact) mass is 339 g/mol. The number of hydrogen-bond donors (Lipinski definition) is 2. The third-order valence-electron chi connectivity index (χ3n) is 5.03. The molecule has 4 nitrogen and oxygen atoms in total. The lowest BCUT2D eigenvalue weighted by Crippen LogP contribution is -2.50. The van der Waals surface area contributed by atoms with E-state index in [-0.39, 0.29) is 12.4 Å². The van der Waals surface area contributed by atoms with Crippen LogP contribution in [-0.2, 0) is 11.3 Å². The van der Waals surface area contributed by atoms with Crippen molar-refractivity contribution in [2.75, 3.05) is 38.8 Å². The van der Waals surface area contributed by atoms with Gasteiger partial charge in [-0.3, -0.25) is 0 Å². The highest BCUT2D eigenvalue weighted by Gasteiger charge is 2.34. The van der Waals surface area contributed by atoms with Gasteiger partial charge in [0, 0.05) is 45.0 Å². The fraction of sp³-hybridized carbons (Fsp3) is 0.667. The summed E-state index contributed by atoms with van der Waals surface area (Å²) in [6.45, 7) is 3.69. The van der Waals surface area contributed by atoms with Crippen LogP contribution in [0.1, 0.15) is 24.8 Å². The molecule has 0 spiro atoms. The Kier molecular flexibility index (Phi) is 7.15. The second kappa shape index (κ2) is 8.88. The van der Waals surface area contributed by atoms with Crippen molar-refractivity contribution < 1.29 is 4.74 Å². The number of nitrogens with zero attached hydrogens (tertiary/aromatic N) is 1. The van der Waals surface area contributed by atoms with E-state index in [1.54, 1.807) is 0 Å². The van der Waals surface area contributed by atoms with Crippen molar-refractivity contribution in [2.24, 2.45) is 5.92 Å². The normalized spacial score (nSPS) is 27.5. The van der Waals surface area contributed by atoms with Gasteiger partial charge in [-0.2, -0.15) is 0 Å². The van der Waals surface area contributed by atoms with Crippen LogP contribution < -0.4 is 15.5 Å². The first-order valence-electron chi connectivity index (χ1n) is 8.55. The van der Waals surface area contributed by atoms with Gasteiger partial charge in [0.2, 0.25) is 0 Å². The van der Waals surface area contributed by atoms with E-state index < -0.39 is 0 Å². The fourth-order valence-corrected chi connectivity index (χ4v) is 3.78. The van der Waals surface area contributed by atoms with Crippen LogP contribution in [0.15, 0.2) is 24.3 Å².